The molecule has 1 atom stereocenters. The number of nitrogens with zero attached hydrogens (tertiary/aromatic N) is 2. The van der Waals surface area contributed by atoms with Gasteiger partial charge in [-0.25, -0.2) is 4.79 Å². The molecule has 0 spiro atoms. The minimum absolute atomic E-state index is 0. The van der Waals surface area contributed by atoms with Gasteiger partial charge in [0.05, 0.1) is 0 Å². The minimum Gasteiger partial charge on any atom is -0.444 e. The van der Waals surface area contributed by atoms with Crippen LogP contribution in [0.1, 0.15) is 27.7 Å². The molecular formula is C12H27Cl2N3O2. The number of amides is 1. The lowest BCUT2D eigenvalue weighted by Crippen LogP contribution is -2.51. The molecular weight excluding hydrogens is 289 g/mol. The Hall–Kier alpha value is -0.230. The van der Waals surface area contributed by atoms with Gasteiger partial charge in [0, 0.05) is 38.8 Å². The van der Waals surface area contributed by atoms with Crippen molar-refractivity contribution >= 4 is 30.9 Å². The fourth-order valence-electron chi connectivity index (χ4n) is 1.85. The first-order valence-electron chi connectivity index (χ1n) is 6.24. The smallest absolute Gasteiger partial charge is 0.410 e. The number of nitrogens with two attached hydrogens (primary N) is 1. The molecule has 0 aromatic heterocycles. The van der Waals surface area contributed by atoms with Crippen LogP contribution in [0.25, 0.3) is 0 Å². The Labute approximate surface area is 128 Å². The van der Waals surface area contributed by atoms with E-state index in [1.807, 2.05) is 27.7 Å². The molecule has 1 heterocycles. The maximum Gasteiger partial charge on any atom is 0.410 e. The molecule has 1 aliphatic rings. The molecule has 0 aromatic rings. The number of hydrogen-bond acceptors (Lipinski definition) is 4. The van der Waals surface area contributed by atoms with E-state index in [1.54, 1.807) is 4.90 Å². The van der Waals surface area contributed by atoms with E-state index in [4.69, 9.17) is 10.5 Å². The van der Waals surface area contributed by atoms with Gasteiger partial charge < -0.3 is 15.4 Å². The lowest BCUT2D eigenvalue weighted by molar-refractivity contribution is 0.0143. The van der Waals surface area contributed by atoms with Crippen molar-refractivity contribution in [1.82, 2.24) is 9.80 Å². The number of halogens is 2. The van der Waals surface area contributed by atoms with Gasteiger partial charge in [-0.2, -0.15) is 0 Å². The zero-order valence-corrected chi connectivity index (χ0v) is 13.9. The normalized spacial score (nSPS) is 18.1. The first-order valence-corrected chi connectivity index (χ1v) is 6.24. The minimum atomic E-state index is -0.417. The van der Waals surface area contributed by atoms with E-state index >= 15 is 0 Å². The molecule has 5 nitrogen and oxygen atoms in total. The number of rotatable bonds is 2. The Kier molecular flexibility index (Phi) is 9.81. The molecule has 19 heavy (non-hydrogen) atoms. The summed E-state index contributed by atoms with van der Waals surface area (Å²) in [5, 5.41) is 0. The van der Waals surface area contributed by atoms with Gasteiger partial charge in [0.1, 0.15) is 5.60 Å². The first kappa shape index (κ1) is 21.1. The average molecular weight is 316 g/mol. The fourth-order valence-corrected chi connectivity index (χ4v) is 1.85. The van der Waals surface area contributed by atoms with Gasteiger partial charge in [0.25, 0.3) is 0 Å². The summed E-state index contributed by atoms with van der Waals surface area (Å²) < 4.78 is 5.34. The molecule has 0 radical (unpaired) electrons. The van der Waals surface area contributed by atoms with Gasteiger partial charge >= 0.3 is 6.09 Å². The summed E-state index contributed by atoms with van der Waals surface area (Å²) in [5.74, 6) is 0. The molecule has 1 rings (SSSR count). The van der Waals surface area contributed by atoms with E-state index in [0.29, 0.717) is 0 Å². The molecule has 0 unspecified atom stereocenters. The van der Waals surface area contributed by atoms with Crippen molar-refractivity contribution in [1.29, 1.82) is 0 Å². The topological polar surface area (TPSA) is 58.8 Å². The highest BCUT2D eigenvalue weighted by atomic mass is 35.5. The number of carbonyl (C=O) groups is 1. The highest BCUT2D eigenvalue weighted by Gasteiger charge is 2.25. The summed E-state index contributed by atoms with van der Waals surface area (Å²) in [5.41, 5.74) is 5.34. The van der Waals surface area contributed by atoms with Gasteiger partial charge in [-0.15, -0.1) is 24.8 Å². The summed E-state index contributed by atoms with van der Waals surface area (Å²) in [6.45, 7) is 11.7. The van der Waals surface area contributed by atoms with Crippen LogP contribution < -0.4 is 5.73 Å². The highest BCUT2D eigenvalue weighted by Crippen LogP contribution is 2.11. The van der Waals surface area contributed by atoms with Crippen molar-refractivity contribution < 1.29 is 9.53 Å². The van der Waals surface area contributed by atoms with Crippen LogP contribution in [-0.2, 0) is 4.74 Å². The van der Waals surface area contributed by atoms with Crippen LogP contribution in [0.2, 0.25) is 0 Å². The second-order valence-corrected chi connectivity index (χ2v) is 5.75. The van der Waals surface area contributed by atoms with Crippen LogP contribution in [0.3, 0.4) is 0 Å². The second-order valence-electron chi connectivity index (χ2n) is 5.75. The Morgan fingerprint density at radius 1 is 1.21 bits per heavy atom. The SMILES string of the molecule is C[C@H](N)CN1CCN(C(=O)OC(C)(C)C)CC1.Cl.Cl. The van der Waals surface area contributed by atoms with E-state index in [0.717, 1.165) is 32.7 Å². The van der Waals surface area contributed by atoms with Gasteiger partial charge in [0.2, 0.25) is 0 Å². The van der Waals surface area contributed by atoms with E-state index in [1.165, 1.54) is 0 Å². The molecule has 1 aliphatic heterocycles. The Balaban J connectivity index is 0. The second kappa shape index (κ2) is 8.84. The first-order chi connectivity index (χ1) is 7.78. The molecule has 2 N–H and O–H groups in total. The monoisotopic (exact) mass is 315 g/mol. The highest BCUT2D eigenvalue weighted by molar-refractivity contribution is 5.85. The predicted octanol–water partition coefficient (Wildman–Crippen LogP) is 1.73. The Bertz CT molecular complexity index is 262. The lowest BCUT2D eigenvalue weighted by Gasteiger charge is -2.36. The summed E-state index contributed by atoms with van der Waals surface area (Å²) >= 11 is 0. The molecule has 0 aromatic carbocycles. The largest absolute Gasteiger partial charge is 0.444 e. The van der Waals surface area contributed by atoms with Crippen LogP contribution >= 0.6 is 24.8 Å². The zero-order chi connectivity index (χ0) is 13.1. The summed E-state index contributed by atoms with van der Waals surface area (Å²) in [7, 11) is 0. The van der Waals surface area contributed by atoms with E-state index in [9.17, 15) is 4.79 Å². The Morgan fingerprint density at radius 2 is 1.68 bits per heavy atom. The molecule has 0 saturated carbocycles. The standard InChI is InChI=1S/C12H25N3O2.2ClH/c1-10(13)9-14-5-7-15(8-6-14)11(16)17-12(2,3)4;;/h10H,5-9,13H2,1-4H3;2*1H/t10-;;/m0../s1. The number of ether oxygens (including phenoxy) is 1. The van der Waals surface area contributed by atoms with Gasteiger partial charge in [-0.3, -0.25) is 4.90 Å². The molecule has 1 amide bonds. The molecule has 7 heteroatoms. The van der Waals surface area contributed by atoms with E-state index < -0.39 is 5.60 Å². The maximum absolute atomic E-state index is 11.8. The van der Waals surface area contributed by atoms with Crippen molar-refractivity contribution in [3.8, 4) is 0 Å². The van der Waals surface area contributed by atoms with Crippen molar-refractivity contribution in [3.05, 3.63) is 0 Å². The summed E-state index contributed by atoms with van der Waals surface area (Å²) in [6.07, 6.45) is -0.210. The third-order valence-corrected chi connectivity index (χ3v) is 2.57. The third-order valence-electron chi connectivity index (χ3n) is 2.57. The van der Waals surface area contributed by atoms with Crippen LogP contribution in [-0.4, -0.2) is 60.3 Å². The van der Waals surface area contributed by atoms with Crippen molar-refractivity contribution in [2.45, 2.75) is 39.3 Å². The number of piperazine rings is 1. The number of hydrogen-bond donors (Lipinski definition) is 1. The number of carbonyl (C=O) groups excluding carboxylic acids is 1. The van der Waals surface area contributed by atoms with E-state index in [2.05, 4.69) is 4.90 Å². The van der Waals surface area contributed by atoms with Crippen LogP contribution in [0.5, 0.6) is 0 Å². The fraction of sp³-hybridized carbons (Fsp3) is 0.917. The third kappa shape index (κ3) is 8.52. The van der Waals surface area contributed by atoms with Gasteiger partial charge in [-0.1, -0.05) is 0 Å². The van der Waals surface area contributed by atoms with Crippen molar-refractivity contribution in [2.24, 2.45) is 5.73 Å². The quantitative estimate of drug-likeness (QED) is 0.843. The average Bonchev–Trinajstić information content (AvgIpc) is 2.15. The van der Waals surface area contributed by atoms with Crippen LogP contribution in [0.15, 0.2) is 0 Å². The van der Waals surface area contributed by atoms with Gasteiger partial charge in [0.15, 0.2) is 0 Å². The molecule has 1 fully saturated rings. The summed E-state index contributed by atoms with van der Waals surface area (Å²) in [4.78, 5) is 15.9. The maximum atomic E-state index is 11.8. The van der Waals surface area contributed by atoms with Crippen LogP contribution in [0, 0.1) is 0 Å². The van der Waals surface area contributed by atoms with Crippen molar-refractivity contribution in [3.63, 3.8) is 0 Å². The molecule has 116 valence electrons. The Morgan fingerprint density at radius 3 is 2.05 bits per heavy atom. The molecule has 0 bridgehead atoms. The zero-order valence-electron chi connectivity index (χ0n) is 12.2. The van der Waals surface area contributed by atoms with E-state index in [-0.39, 0.29) is 36.9 Å². The molecule has 0 aliphatic carbocycles. The molecule has 1 saturated heterocycles. The van der Waals surface area contributed by atoms with Crippen LogP contribution in [0.4, 0.5) is 4.79 Å². The predicted molar refractivity (Wildman–Crippen MR) is 82.4 cm³/mol. The lowest BCUT2D eigenvalue weighted by atomic mass is 10.2. The van der Waals surface area contributed by atoms with Crippen molar-refractivity contribution in [2.75, 3.05) is 32.7 Å². The summed E-state index contributed by atoms with van der Waals surface area (Å²) in [6, 6.07) is 0.183. The van der Waals surface area contributed by atoms with Gasteiger partial charge in [-0.05, 0) is 27.7 Å².